The summed E-state index contributed by atoms with van der Waals surface area (Å²) in [6.45, 7) is 3.44. The van der Waals surface area contributed by atoms with Crippen LogP contribution in [0, 0.1) is 19.7 Å². The standard InChI is InChI=1S/C13H13FN2O2/c1-7-8(2)15-12(16-13(7)17)9-4-5-11(18-3)10(14)6-9/h4-6H,1-3H3,(H,15,16,17). The van der Waals surface area contributed by atoms with Gasteiger partial charge in [0.2, 0.25) is 0 Å². The van der Waals surface area contributed by atoms with E-state index in [-0.39, 0.29) is 11.3 Å². The van der Waals surface area contributed by atoms with Crippen LogP contribution in [0.5, 0.6) is 5.75 Å². The minimum Gasteiger partial charge on any atom is -0.494 e. The van der Waals surface area contributed by atoms with Crippen molar-refractivity contribution in [3.05, 3.63) is 45.6 Å². The van der Waals surface area contributed by atoms with E-state index in [2.05, 4.69) is 9.97 Å². The van der Waals surface area contributed by atoms with Gasteiger partial charge in [0, 0.05) is 16.8 Å². The van der Waals surface area contributed by atoms with E-state index in [1.807, 2.05) is 0 Å². The summed E-state index contributed by atoms with van der Waals surface area (Å²) in [4.78, 5) is 18.5. The molecular weight excluding hydrogens is 235 g/mol. The summed E-state index contributed by atoms with van der Waals surface area (Å²) in [6, 6.07) is 4.43. The predicted molar refractivity (Wildman–Crippen MR) is 66.3 cm³/mol. The normalized spacial score (nSPS) is 10.4. The van der Waals surface area contributed by atoms with E-state index in [9.17, 15) is 9.18 Å². The zero-order valence-corrected chi connectivity index (χ0v) is 10.4. The zero-order valence-electron chi connectivity index (χ0n) is 10.4. The number of nitrogens with one attached hydrogen (secondary N) is 1. The van der Waals surface area contributed by atoms with Crippen molar-refractivity contribution in [2.24, 2.45) is 0 Å². The number of aryl methyl sites for hydroxylation is 1. The quantitative estimate of drug-likeness (QED) is 0.886. The Balaban J connectivity index is 2.56. The maximum absolute atomic E-state index is 13.6. The SMILES string of the molecule is COc1ccc(-c2nc(C)c(C)c(=O)[nH]2)cc1F. The van der Waals surface area contributed by atoms with Gasteiger partial charge in [-0.15, -0.1) is 0 Å². The number of aromatic amines is 1. The molecule has 94 valence electrons. The van der Waals surface area contributed by atoms with Crippen LogP contribution in [0.1, 0.15) is 11.3 Å². The van der Waals surface area contributed by atoms with Gasteiger partial charge in [0.1, 0.15) is 5.82 Å². The average molecular weight is 248 g/mol. The zero-order chi connectivity index (χ0) is 13.3. The highest BCUT2D eigenvalue weighted by Crippen LogP contribution is 2.22. The average Bonchev–Trinajstić information content (AvgIpc) is 2.35. The molecule has 0 spiro atoms. The fourth-order valence-electron chi connectivity index (χ4n) is 1.60. The van der Waals surface area contributed by atoms with Crippen molar-refractivity contribution in [2.45, 2.75) is 13.8 Å². The predicted octanol–water partition coefficient (Wildman–Crippen LogP) is 2.20. The number of rotatable bonds is 2. The van der Waals surface area contributed by atoms with Crippen molar-refractivity contribution < 1.29 is 9.13 Å². The van der Waals surface area contributed by atoms with E-state index in [4.69, 9.17) is 4.74 Å². The summed E-state index contributed by atoms with van der Waals surface area (Å²) in [7, 11) is 1.40. The molecule has 0 atom stereocenters. The Bertz CT molecular complexity index is 650. The van der Waals surface area contributed by atoms with Crippen molar-refractivity contribution in [2.75, 3.05) is 7.11 Å². The van der Waals surface area contributed by atoms with Gasteiger partial charge in [-0.2, -0.15) is 0 Å². The fraction of sp³-hybridized carbons (Fsp3) is 0.231. The Morgan fingerprint density at radius 2 is 2.06 bits per heavy atom. The molecule has 18 heavy (non-hydrogen) atoms. The number of benzene rings is 1. The second kappa shape index (κ2) is 4.60. The van der Waals surface area contributed by atoms with Crippen molar-refractivity contribution >= 4 is 0 Å². The molecule has 1 aromatic carbocycles. The third kappa shape index (κ3) is 2.11. The van der Waals surface area contributed by atoms with Gasteiger partial charge in [0.05, 0.1) is 7.11 Å². The molecule has 0 unspecified atom stereocenters. The monoisotopic (exact) mass is 248 g/mol. The number of methoxy groups -OCH3 is 1. The first-order chi connectivity index (χ1) is 8.52. The largest absolute Gasteiger partial charge is 0.494 e. The molecule has 1 N–H and O–H groups in total. The summed E-state index contributed by atoms with van der Waals surface area (Å²) in [5, 5.41) is 0. The summed E-state index contributed by atoms with van der Waals surface area (Å²) in [5.74, 6) is 0.0189. The van der Waals surface area contributed by atoms with Crippen molar-refractivity contribution in [1.29, 1.82) is 0 Å². The molecule has 0 amide bonds. The number of nitrogens with zero attached hydrogens (tertiary/aromatic N) is 1. The molecule has 1 aromatic heterocycles. The van der Waals surface area contributed by atoms with E-state index in [0.29, 0.717) is 22.6 Å². The lowest BCUT2D eigenvalue weighted by atomic mass is 10.2. The number of H-pyrrole nitrogens is 1. The Morgan fingerprint density at radius 3 is 2.61 bits per heavy atom. The topological polar surface area (TPSA) is 55.0 Å². The van der Waals surface area contributed by atoms with Gasteiger partial charge in [-0.05, 0) is 32.0 Å². The third-order valence-corrected chi connectivity index (χ3v) is 2.82. The summed E-state index contributed by atoms with van der Waals surface area (Å²) in [5.41, 5.74) is 1.49. The van der Waals surface area contributed by atoms with Gasteiger partial charge >= 0.3 is 0 Å². The molecule has 5 heteroatoms. The van der Waals surface area contributed by atoms with Gasteiger partial charge in [-0.25, -0.2) is 9.37 Å². The Labute approximate surface area is 103 Å². The van der Waals surface area contributed by atoms with E-state index in [0.717, 1.165) is 0 Å². The lowest BCUT2D eigenvalue weighted by Crippen LogP contribution is -2.14. The van der Waals surface area contributed by atoms with Crippen molar-refractivity contribution in [3.8, 4) is 17.1 Å². The van der Waals surface area contributed by atoms with Crippen LogP contribution in [0.15, 0.2) is 23.0 Å². The van der Waals surface area contributed by atoms with Crippen LogP contribution in [-0.2, 0) is 0 Å². The first-order valence-corrected chi connectivity index (χ1v) is 5.44. The van der Waals surface area contributed by atoms with Gasteiger partial charge in [0.15, 0.2) is 11.6 Å². The molecule has 0 saturated heterocycles. The number of hydrogen-bond acceptors (Lipinski definition) is 3. The number of aromatic nitrogens is 2. The summed E-state index contributed by atoms with van der Waals surface area (Å²) < 4.78 is 18.4. The molecule has 0 aliphatic rings. The molecule has 0 radical (unpaired) electrons. The van der Waals surface area contributed by atoms with Crippen LogP contribution in [0.4, 0.5) is 4.39 Å². The maximum Gasteiger partial charge on any atom is 0.254 e. The van der Waals surface area contributed by atoms with E-state index in [1.54, 1.807) is 19.9 Å². The minimum absolute atomic E-state index is 0.157. The fourth-order valence-corrected chi connectivity index (χ4v) is 1.60. The Kier molecular flexibility index (Phi) is 3.14. The highest BCUT2D eigenvalue weighted by molar-refractivity contribution is 5.56. The molecule has 1 heterocycles. The molecule has 4 nitrogen and oxygen atoms in total. The van der Waals surface area contributed by atoms with Crippen LogP contribution in [0.25, 0.3) is 11.4 Å². The highest BCUT2D eigenvalue weighted by atomic mass is 19.1. The van der Waals surface area contributed by atoms with Crippen LogP contribution < -0.4 is 10.3 Å². The third-order valence-electron chi connectivity index (χ3n) is 2.82. The molecule has 0 aliphatic carbocycles. The maximum atomic E-state index is 13.6. The molecule has 2 aromatic rings. The first kappa shape index (κ1) is 12.3. The van der Waals surface area contributed by atoms with E-state index in [1.165, 1.54) is 19.2 Å². The summed E-state index contributed by atoms with van der Waals surface area (Å²) >= 11 is 0. The van der Waals surface area contributed by atoms with Gasteiger partial charge in [-0.3, -0.25) is 4.79 Å². The Morgan fingerprint density at radius 1 is 1.33 bits per heavy atom. The Hall–Kier alpha value is -2.17. The molecular formula is C13H13FN2O2. The van der Waals surface area contributed by atoms with Crippen LogP contribution >= 0.6 is 0 Å². The van der Waals surface area contributed by atoms with Crippen LogP contribution in [0.2, 0.25) is 0 Å². The molecule has 0 saturated carbocycles. The van der Waals surface area contributed by atoms with Gasteiger partial charge in [0.25, 0.3) is 5.56 Å². The summed E-state index contributed by atoms with van der Waals surface area (Å²) in [6.07, 6.45) is 0. The smallest absolute Gasteiger partial charge is 0.254 e. The molecule has 2 rings (SSSR count). The second-order valence-corrected chi connectivity index (χ2v) is 3.97. The van der Waals surface area contributed by atoms with E-state index >= 15 is 0 Å². The van der Waals surface area contributed by atoms with Crippen LogP contribution in [-0.4, -0.2) is 17.1 Å². The molecule has 0 aliphatic heterocycles. The van der Waals surface area contributed by atoms with Gasteiger partial charge < -0.3 is 9.72 Å². The van der Waals surface area contributed by atoms with Crippen molar-refractivity contribution in [3.63, 3.8) is 0 Å². The highest BCUT2D eigenvalue weighted by Gasteiger charge is 2.09. The van der Waals surface area contributed by atoms with Gasteiger partial charge in [-0.1, -0.05) is 0 Å². The number of hydrogen-bond donors (Lipinski definition) is 1. The lowest BCUT2D eigenvalue weighted by Gasteiger charge is -2.06. The number of halogens is 1. The number of ether oxygens (including phenoxy) is 1. The lowest BCUT2D eigenvalue weighted by molar-refractivity contribution is 0.386. The first-order valence-electron chi connectivity index (χ1n) is 5.44. The minimum atomic E-state index is -0.490. The molecule has 0 bridgehead atoms. The van der Waals surface area contributed by atoms with Crippen LogP contribution in [0.3, 0.4) is 0 Å². The second-order valence-electron chi connectivity index (χ2n) is 3.97. The molecule has 0 fully saturated rings. The van der Waals surface area contributed by atoms with E-state index < -0.39 is 5.82 Å². The van der Waals surface area contributed by atoms with Crippen molar-refractivity contribution in [1.82, 2.24) is 9.97 Å².